The van der Waals surface area contributed by atoms with E-state index < -0.39 is 11.4 Å². The summed E-state index contributed by atoms with van der Waals surface area (Å²) >= 11 is 0. The highest BCUT2D eigenvalue weighted by Crippen LogP contribution is 2.45. The molecule has 138 valence electrons. The molecule has 3 fully saturated rings. The van der Waals surface area contributed by atoms with Crippen molar-refractivity contribution in [3.63, 3.8) is 0 Å². The summed E-state index contributed by atoms with van der Waals surface area (Å²) in [6, 6.07) is 0. The van der Waals surface area contributed by atoms with Gasteiger partial charge in [-0.2, -0.15) is 0 Å². The van der Waals surface area contributed by atoms with Crippen molar-refractivity contribution in [1.82, 2.24) is 14.9 Å². The zero-order valence-electron chi connectivity index (χ0n) is 15.2. The number of rotatable bonds is 7. The first kappa shape index (κ1) is 17.1. The molecule has 5 heteroatoms. The third-order valence-corrected chi connectivity index (χ3v) is 6.52. The number of aromatic amines is 1. The second kappa shape index (κ2) is 7.10. The molecule has 5 nitrogen and oxygen atoms in total. The van der Waals surface area contributed by atoms with Gasteiger partial charge in [-0.05, 0) is 37.6 Å². The Morgan fingerprint density at radius 3 is 2.76 bits per heavy atom. The number of aliphatic carboxylic acids is 1. The number of carbonyl (C=O) groups is 1. The Balaban J connectivity index is 1.36. The average Bonchev–Trinajstić information content (AvgIpc) is 3.06. The van der Waals surface area contributed by atoms with Crippen LogP contribution in [0.4, 0.5) is 0 Å². The molecule has 2 aliphatic carbocycles. The number of carboxylic acids is 1. The van der Waals surface area contributed by atoms with E-state index in [1.165, 1.54) is 38.5 Å². The zero-order chi connectivity index (χ0) is 17.3. The van der Waals surface area contributed by atoms with E-state index in [9.17, 15) is 9.90 Å². The van der Waals surface area contributed by atoms with Gasteiger partial charge in [-0.3, -0.25) is 9.69 Å². The summed E-state index contributed by atoms with van der Waals surface area (Å²) in [5, 5.41) is 9.87. The van der Waals surface area contributed by atoms with E-state index in [2.05, 4.69) is 14.9 Å². The predicted molar refractivity (Wildman–Crippen MR) is 96.2 cm³/mol. The van der Waals surface area contributed by atoms with Crippen LogP contribution in [0, 0.1) is 17.3 Å². The van der Waals surface area contributed by atoms with Crippen molar-refractivity contribution in [1.29, 1.82) is 0 Å². The smallest absolute Gasteiger partial charge is 0.310 e. The summed E-state index contributed by atoms with van der Waals surface area (Å²) in [6.45, 7) is 2.49. The number of carboxylic acid groups (broad SMARTS) is 1. The number of piperidine rings is 1. The molecule has 1 aliphatic heterocycles. The van der Waals surface area contributed by atoms with E-state index in [1.807, 2.05) is 6.20 Å². The van der Waals surface area contributed by atoms with Gasteiger partial charge >= 0.3 is 5.97 Å². The molecule has 0 bridgehead atoms. The fraction of sp³-hybridized carbons (Fsp3) is 0.800. The molecule has 1 unspecified atom stereocenters. The molecule has 1 saturated heterocycles. The van der Waals surface area contributed by atoms with Crippen LogP contribution in [-0.4, -0.2) is 39.0 Å². The van der Waals surface area contributed by atoms with Crippen LogP contribution in [0.5, 0.6) is 0 Å². The number of nitrogens with one attached hydrogen (secondary N) is 1. The van der Waals surface area contributed by atoms with Crippen LogP contribution in [0.15, 0.2) is 6.20 Å². The molecule has 0 spiro atoms. The number of H-pyrrole nitrogens is 1. The Bertz CT molecular complexity index is 604. The van der Waals surface area contributed by atoms with Crippen LogP contribution in [0.1, 0.15) is 69.3 Å². The van der Waals surface area contributed by atoms with Crippen molar-refractivity contribution in [3.8, 4) is 0 Å². The molecule has 1 aromatic heterocycles. The lowest BCUT2D eigenvalue weighted by molar-refractivity contribution is -0.153. The average molecular weight is 345 g/mol. The van der Waals surface area contributed by atoms with Gasteiger partial charge in [-0.15, -0.1) is 0 Å². The SMILES string of the molecule is O=C(O)C1(CC2CC2)CCCN(Cc2cnc(CC3CCCC3)[nH]2)C1. The largest absolute Gasteiger partial charge is 0.481 e. The molecule has 2 N–H and O–H groups in total. The fourth-order valence-corrected chi connectivity index (χ4v) is 4.98. The van der Waals surface area contributed by atoms with Crippen molar-refractivity contribution in [2.75, 3.05) is 13.1 Å². The first-order valence-corrected chi connectivity index (χ1v) is 10.1. The molecule has 25 heavy (non-hydrogen) atoms. The predicted octanol–water partition coefficient (Wildman–Crippen LogP) is 3.61. The van der Waals surface area contributed by atoms with Crippen LogP contribution in [0.25, 0.3) is 0 Å². The number of hydrogen-bond acceptors (Lipinski definition) is 3. The van der Waals surface area contributed by atoms with Gasteiger partial charge in [0.2, 0.25) is 0 Å². The molecule has 4 rings (SSSR count). The van der Waals surface area contributed by atoms with Gasteiger partial charge in [-0.25, -0.2) is 4.98 Å². The second-order valence-electron chi connectivity index (χ2n) is 8.76. The van der Waals surface area contributed by atoms with Crippen molar-refractivity contribution in [3.05, 3.63) is 17.7 Å². The third-order valence-electron chi connectivity index (χ3n) is 6.52. The number of hydrogen-bond donors (Lipinski definition) is 2. The lowest BCUT2D eigenvalue weighted by atomic mass is 9.75. The summed E-state index contributed by atoms with van der Waals surface area (Å²) in [7, 11) is 0. The van der Waals surface area contributed by atoms with Gasteiger partial charge in [0.15, 0.2) is 0 Å². The van der Waals surface area contributed by atoms with Crippen molar-refractivity contribution < 1.29 is 9.90 Å². The molecule has 2 heterocycles. The highest BCUT2D eigenvalue weighted by Gasteiger charge is 2.45. The summed E-state index contributed by atoms with van der Waals surface area (Å²) in [5.74, 6) is 1.98. The van der Waals surface area contributed by atoms with Gasteiger partial charge in [0, 0.05) is 31.4 Å². The fourth-order valence-electron chi connectivity index (χ4n) is 4.98. The minimum Gasteiger partial charge on any atom is -0.481 e. The van der Waals surface area contributed by atoms with Crippen LogP contribution in [-0.2, 0) is 17.8 Å². The maximum Gasteiger partial charge on any atom is 0.310 e. The van der Waals surface area contributed by atoms with Gasteiger partial charge in [-0.1, -0.05) is 38.5 Å². The highest BCUT2D eigenvalue weighted by molar-refractivity contribution is 5.75. The summed E-state index contributed by atoms with van der Waals surface area (Å²) < 4.78 is 0. The second-order valence-corrected chi connectivity index (χ2v) is 8.76. The van der Waals surface area contributed by atoms with Crippen LogP contribution in [0.3, 0.4) is 0 Å². The van der Waals surface area contributed by atoms with E-state index in [0.717, 1.165) is 56.2 Å². The zero-order valence-corrected chi connectivity index (χ0v) is 15.2. The topological polar surface area (TPSA) is 69.2 Å². The first-order valence-electron chi connectivity index (χ1n) is 10.1. The molecule has 0 aromatic carbocycles. The molecular weight excluding hydrogens is 314 g/mol. The van der Waals surface area contributed by atoms with Crippen molar-refractivity contribution in [2.24, 2.45) is 17.3 Å². The summed E-state index contributed by atoms with van der Waals surface area (Å²) in [4.78, 5) is 22.4. The van der Waals surface area contributed by atoms with E-state index in [4.69, 9.17) is 0 Å². The number of imidazole rings is 1. The van der Waals surface area contributed by atoms with Gasteiger partial charge in [0.1, 0.15) is 5.82 Å². The van der Waals surface area contributed by atoms with Crippen molar-refractivity contribution >= 4 is 5.97 Å². The molecule has 1 aromatic rings. The summed E-state index contributed by atoms with van der Waals surface area (Å²) in [6.07, 6.45) is 13.6. The third kappa shape index (κ3) is 4.08. The Morgan fingerprint density at radius 1 is 1.24 bits per heavy atom. The van der Waals surface area contributed by atoms with Crippen LogP contribution < -0.4 is 0 Å². The highest BCUT2D eigenvalue weighted by atomic mass is 16.4. The van der Waals surface area contributed by atoms with E-state index in [-0.39, 0.29) is 0 Å². The quantitative estimate of drug-likeness (QED) is 0.792. The maximum absolute atomic E-state index is 12.0. The van der Waals surface area contributed by atoms with Gasteiger partial charge in [0.25, 0.3) is 0 Å². The number of aromatic nitrogens is 2. The van der Waals surface area contributed by atoms with Crippen LogP contribution >= 0.6 is 0 Å². The van der Waals surface area contributed by atoms with E-state index in [0.29, 0.717) is 12.5 Å². The lowest BCUT2D eigenvalue weighted by Gasteiger charge is -2.40. The minimum absolute atomic E-state index is 0.522. The van der Waals surface area contributed by atoms with Crippen LogP contribution in [0.2, 0.25) is 0 Å². The lowest BCUT2D eigenvalue weighted by Crippen LogP contribution is -2.47. The Kier molecular flexibility index (Phi) is 4.85. The molecule has 0 amide bonds. The monoisotopic (exact) mass is 345 g/mol. The molecule has 0 radical (unpaired) electrons. The molecule has 2 saturated carbocycles. The van der Waals surface area contributed by atoms with E-state index >= 15 is 0 Å². The Morgan fingerprint density at radius 2 is 2.04 bits per heavy atom. The first-order chi connectivity index (χ1) is 12.1. The maximum atomic E-state index is 12.0. The molecular formula is C20H31N3O2. The Labute approximate surface area is 150 Å². The molecule has 1 atom stereocenters. The van der Waals surface area contributed by atoms with Gasteiger partial charge < -0.3 is 10.1 Å². The molecule has 3 aliphatic rings. The number of nitrogens with zero attached hydrogens (tertiary/aromatic N) is 2. The van der Waals surface area contributed by atoms with E-state index in [1.54, 1.807) is 0 Å². The Hall–Kier alpha value is -1.36. The van der Waals surface area contributed by atoms with Crippen molar-refractivity contribution in [2.45, 2.75) is 70.8 Å². The standard InChI is InChI=1S/C20H31N3O2/c24-19(25)20(11-16-6-7-16)8-3-9-23(14-20)13-17-12-21-18(22-17)10-15-4-1-2-5-15/h12,15-16H,1-11,13-14H2,(H,21,22)(H,24,25). The normalized spacial score (nSPS) is 28.5. The van der Waals surface area contributed by atoms with Gasteiger partial charge in [0.05, 0.1) is 5.41 Å². The number of likely N-dealkylation sites (tertiary alicyclic amines) is 1. The summed E-state index contributed by atoms with van der Waals surface area (Å²) in [5.41, 5.74) is 0.618. The minimum atomic E-state index is -0.587.